The van der Waals surface area contributed by atoms with Crippen LogP contribution in [0, 0.1) is 17.8 Å². The molecule has 184 valence electrons. The zero-order valence-electron chi connectivity index (χ0n) is 20.1. The molecule has 0 radical (unpaired) electrons. The molecule has 1 aromatic heterocycles. The van der Waals surface area contributed by atoms with Gasteiger partial charge in [-0.15, -0.1) is 0 Å². The molecule has 9 heteroatoms. The molecule has 5 rings (SSSR count). The van der Waals surface area contributed by atoms with Crippen LogP contribution in [0.25, 0.3) is 11.0 Å². The van der Waals surface area contributed by atoms with Crippen LogP contribution in [-0.4, -0.2) is 45.0 Å². The average molecular weight is 486 g/mol. The predicted octanol–water partition coefficient (Wildman–Crippen LogP) is 2.00. The fourth-order valence-electron chi connectivity index (χ4n) is 4.78. The minimum atomic E-state index is -0.447. The SMILES string of the molecule is Cn1c(=O)n(N2C(=O)CCCC2=O)c2ccc(C#CC3CCN(C(=O)c4ccc(N)cc4)CC3)cc21. The predicted molar refractivity (Wildman–Crippen MR) is 136 cm³/mol. The van der Waals surface area contributed by atoms with Crippen LogP contribution >= 0.6 is 0 Å². The molecule has 2 aliphatic heterocycles. The van der Waals surface area contributed by atoms with E-state index in [1.165, 1.54) is 9.24 Å². The number of amides is 3. The Morgan fingerprint density at radius 3 is 2.28 bits per heavy atom. The van der Waals surface area contributed by atoms with Crippen molar-refractivity contribution in [2.75, 3.05) is 23.8 Å². The van der Waals surface area contributed by atoms with E-state index in [0.717, 1.165) is 23.4 Å². The first-order valence-electron chi connectivity index (χ1n) is 12.1. The molecular formula is C27H27N5O4. The first-order valence-corrected chi connectivity index (χ1v) is 12.1. The largest absolute Gasteiger partial charge is 0.399 e. The van der Waals surface area contributed by atoms with Crippen molar-refractivity contribution in [1.29, 1.82) is 0 Å². The fraction of sp³-hybridized carbons (Fsp3) is 0.333. The number of hydrogen-bond acceptors (Lipinski definition) is 5. The number of hydrogen-bond donors (Lipinski definition) is 1. The summed E-state index contributed by atoms with van der Waals surface area (Å²) in [6.45, 7) is 1.27. The van der Waals surface area contributed by atoms with Gasteiger partial charge in [-0.3, -0.25) is 19.0 Å². The van der Waals surface area contributed by atoms with E-state index in [9.17, 15) is 19.2 Å². The summed E-state index contributed by atoms with van der Waals surface area (Å²) in [4.78, 5) is 52.3. The smallest absolute Gasteiger partial charge is 0.348 e. The number of rotatable bonds is 2. The zero-order chi connectivity index (χ0) is 25.4. The molecule has 2 aliphatic rings. The highest BCUT2D eigenvalue weighted by molar-refractivity contribution is 6.11. The van der Waals surface area contributed by atoms with Crippen molar-refractivity contribution in [3.63, 3.8) is 0 Å². The Bertz CT molecular complexity index is 1460. The molecule has 2 N–H and O–H groups in total. The zero-order valence-corrected chi connectivity index (χ0v) is 20.1. The number of aromatic nitrogens is 2. The maximum absolute atomic E-state index is 12.9. The van der Waals surface area contributed by atoms with Gasteiger partial charge in [0.05, 0.1) is 11.0 Å². The van der Waals surface area contributed by atoms with Crippen molar-refractivity contribution >= 4 is 34.4 Å². The Balaban J connectivity index is 1.31. The van der Waals surface area contributed by atoms with E-state index in [2.05, 4.69) is 11.8 Å². The molecule has 36 heavy (non-hydrogen) atoms. The van der Waals surface area contributed by atoms with Crippen LogP contribution in [0.2, 0.25) is 0 Å². The van der Waals surface area contributed by atoms with Crippen LogP contribution in [0.3, 0.4) is 0 Å². The van der Waals surface area contributed by atoms with Gasteiger partial charge in [0.25, 0.3) is 5.91 Å². The standard InChI is InChI=1S/C27H27N5O4/c1-29-23-17-19(7-12-22(23)31(27(29)36)32-24(33)3-2-4-25(32)34)6-5-18-13-15-30(16-14-18)26(35)20-8-10-21(28)11-9-20/h7-12,17-18H,2-4,13-16,28H2,1H3. The van der Waals surface area contributed by atoms with Gasteiger partial charge in [0, 0.05) is 55.7 Å². The molecule has 3 aromatic rings. The number of carbonyl (C=O) groups is 3. The maximum atomic E-state index is 12.9. The number of anilines is 1. The van der Waals surface area contributed by atoms with Gasteiger partial charge in [-0.25, -0.2) is 4.79 Å². The molecule has 9 nitrogen and oxygen atoms in total. The van der Waals surface area contributed by atoms with E-state index in [1.807, 2.05) is 4.90 Å². The summed E-state index contributed by atoms with van der Waals surface area (Å²) in [6, 6.07) is 12.3. The lowest BCUT2D eigenvalue weighted by atomic mass is 9.96. The molecule has 0 atom stereocenters. The fourth-order valence-corrected chi connectivity index (χ4v) is 4.78. The van der Waals surface area contributed by atoms with Gasteiger partial charge >= 0.3 is 5.69 Å². The van der Waals surface area contributed by atoms with E-state index in [4.69, 9.17) is 5.73 Å². The van der Waals surface area contributed by atoms with Crippen LogP contribution in [0.5, 0.6) is 0 Å². The van der Waals surface area contributed by atoms with Gasteiger partial charge in [0.2, 0.25) is 11.8 Å². The Labute approximate surface area is 208 Å². The van der Waals surface area contributed by atoms with E-state index in [1.54, 1.807) is 49.5 Å². The third kappa shape index (κ3) is 4.26. The summed E-state index contributed by atoms with van der Waals surface area (Å²) in [5.41, 5.74) is 8.36. The van der Waals surface area contributed by atoms with Crippen LogP contribution in [0.4, 0.5) is 5.69 Å². The van der Waals surface area contributed by atoms with E-state index >= 15 is 0 Å². The minimum Gasteiger partial charge on any atom is -0.399 e. The number of nitrogen functional groups attached to an aromatic ring is 1. The van der Waals surface area contributed by atoms with E-state index in [0.29, 0.717) is 41.8 Å². The van der Waals surface area contributed by atoms with Crippen LogP contribution < -0.4 is 16.4 Å². The molecule has 2 fully saturated rings. The first kappa shape index (κ1) is 23.4. The van der Waals surface area contributed by atoms with Crippen molar-refractivity contribution < 1.29 is 14.4 Å². The van der Waals surface area contributed by atoms with Crippen LogP contribution in [0.15, 0.2) is 47.3 Å². The van der Waals surface area contributed by atoms with Crippen molar-refractivity contribution in [1.82, 2.24) is 14.1 Å². The quantitative estimate of drug-likeness (QED) is 0.339. The molecule has 0 bridgehead atoms. The molecule has 3 amide bonds. The highest BCUT2D eigenvalue weighted by atomic mass is 16.2. The molecule has 2 aromatic carbocycles. The summed E-state index contributed by atoms with van der Waals surface area (Å²) in [6.07, 6.45) is 2.54. The number of piperidine rings is 2. The summed E-state index contributed by atoms with van der Waals surface area (Å²) >= 11 is 0. The van der Waals surface area contributed by atoms with Crippen LogP contribution in [0.1, 0.15) is 48.0 Å². The topological polar surface area (TPSA) is 111 Å². The molecule has 0 unspecified atom stereocenters. The van der Waals surface area contributed by atoms with Crippen LogP contribution in [-0.2, 0) is 16.6 Å². The molecule has 0 aliphatic carbocycles. The lowest BCUT2D eigenvalue weighted by molar-refractivity contribution is -0.131. The molecule has 0 spiro atoms. The number of fused-ring (bicyclic) bond motifs is 1. The van der Waals surface area contributed by atoms with Crippen molar-refractivity contribution in [3.05, 3.63) is 64.1 Å². The number of nitrogens with zero attached hydrogens (tertiary/aromatic N) is 4. The second kappa shape index (κ2) is 9.38. The lowest BCUT2D eigenvalue weighted by Crippen LogP contribution is -2.52. The molecule has 0 saturated carbocycles. The second-order valence-corrected chi connectivity index (χ2v) is 9.27. The first-order chi connectivity index (χ1) is 17.3. The van der Waals surface area contributed by atoms with Crippen molar-refractivity contribution in [3.8, 4) is 11.8 Å². The third-order valence-electron chi connectivity index (χ3n) is 6.85. The Morgan fingerprint density at radius 2 is 1.61 bits per heavy atom. The monoisotopic (exact) mass is 485 g/mol. The molecular weight excluding hydrogens is 458 g/mol. The summed E-state index contributed by atoms with van der Waals surface area (Å²) in [7, 11) is 1.62. The van der Waals surface area contributed by atoms with Crippen molar-refractivity contribution in [2.24, 2.45) is 13.0 Å². The number of likely N-dealkylation sites (tertiary alicyclic amines) is 1. The summed E-state index contributed by atoms with van der Waals surface area (Å²) in [5.74, 6) is 5.94. The number of imide groups is 1. The average Bonchev–Trinajstić information content (AvgIpc) is 3.12. The van der Waals surface area contributed by atoms with E-state index < -0.39 is 5.69 Å². The van der Waals surface area contributed by atoms with E-state index in [-0.39, 0.29) is 36.5 Å². The number of nitrogens with two attached hydrogens (primary N) is 1. The van der Waals surface area contributed by atoms with Gasteiger partial charge in [0.15, 0.2) is 0 Å². The Kier molecular flexibility index (Phi) is 6.10. The van der Waals surface area contributed by atoms with Gasteiger partial charge in [-0.1, -0.05) is 11.8 Å². The van der Waals surface area contributed by atoms with Crippen molar-refractivity contribution in [2.45, 2.75) is 32.1 Å². The summed E-state index contributed by atoms with van der Waals surface area (Å²) in [5, 5.41) is 0.971. The number of benzene rings is 2. The third-order valence-corrected chi connectivity index (χ3v) is 6.85. The number of imidazole rings is 1. The maximum Gasteiger partial charge on any atom is 0.348 e. The van der Waals surface area contributed by atoms with Gasteiger partial charge < -0.3 is 10.6 Å². The summed E-state index contributed by atoms with van der Waals surface area (Å²) < 4.78 is 2.60. The highest BCUT2D eigenvalue weighted by Gasteiger charge is 2.31. The molecule has 2 saturated heterocycles. The molecule has 3 heterocycles. The number of aryl methyl sites for hydroxylation is 1. The van der Waals surface area contributed by atoms with Gasteiger partial charge in [-0.2, -0.15) is 9.69 Å². The normalized spacial score (nSPS) is 16.8. The highest BCUT2D eigenvalue weighted by Crippen LogP contribution is 2.21. The van der Waals surface area contributed by atoms with Gasteiger partial charge in [0.1, 0.15) is 0 Å². The Hall–Kier alpha value is -4.32. The Morgan fingerprint density at radius 1 is 0.944 bits per heavy atom. The number of carbonyl (C=O) groups excluding carboxylic acids is 3. The minimum absolute atomic E-state index is 0.00274. The van der Waals surface area contributed by atoms with Gasteiger partial charge in [-0.05, 0) is 61.7 Å². The lowest BCUT2D eigenvalue weighted by Gasteiger charge is -2.30. The second-order valence-electron chi connectivity index (χ2n) is 9.27.